The van der Waals surface area contributed by atoms with Crippen LogP contribution in [0.25, 0.3) is 11.1 Å². The van der Waals surface area contributed by atoms with E-state index in [2.05, 4.69) is 15.5 Å². The van der Waals surface area contributed by atoms with Gasteiger partial charge in [-0.25, -0.2) is 4.39 Å². The van der Waals surface area contributed by atoms with Crippen molar-refractivity contribution in [1.29, 1.82) is 0 Å². The Balaban J connectivity index is 2.52. The summed E-state index contributed by atoms with van der Waals surface area (Å²) in [5.41, 5.74) is 2.90. The van der Waals surface area contributed by atoms with E-state index in [4.69, 9.17) is 0 Å². The molecule has 0 fully saturated rings. The maximum Gasteiger partial charge on any atom is 0.155 e. The molecule has 0 aliphatic heterocycles. The van der Waals surface area contributed by atoms with Crippen molar-refractivity contribution >= 4 is 5.82 Å². The van der Waals surface area contributed by atoms with Crippen LogP contribution in [0, 0.1) is 12.7 Å². The summed E-state index contributed by atoms with van der Waals surface area (Å²) in [7, 11) is 1.81. The molecule has 0 amide bonds. The van der Waals surface area contributed by atoms with Gasteiger partial charge in [0.05, 0.1) is 0 Å². The lowest BCUT2D eigenvalue weighted by atomic mass is 10.1. The van der Waals surface area contributed by atoms with Gasteiger partial charge in [0, 0.05) is 18.3 Å². The molecule has 3 nitrogen and oxygen atoms in total. The Morgan fingerprint density at radius 2 is 1.93 bits per heavy atom. The lowest BCUT2D eigenvalue weighted by molar-refractivity contribution is 0.628. The lowest BCUT2D eigenvalue weighted by Crippen LogP contribution is -1.91. The van der Waals surface area contributed by atoms with Crippen molar-refractivity contribution in [3.8, 4) is 11.1 Å². The van der Waals surface area contributed by atoms with E-state index >= 15 is 0 Å². The Morgan fingerprint density at radius 3 is 2.53 bits per heavy atom. The molecule has 2 aromatic rings. The van der Waals surface area contributed by atoms with Gasteiger partial charge >= 0.3 is 0 Å². The number of nitrogens with zero attached hydrogens (tertiary/aromatic N) is 1. The summed E-state index contributed by atoms with van der Waals surface area (Å²) < 4.78 is 12.8. The van der Waals surface area contributed by atoms with Gasteiger partial charge in [-0.3, -0.25) is 5.10 Å². The first-order chi connectivity index (χ1) is 7.22. The van der Waals surface area contributed by atoms with E-state index in [9.17, 15) is 4.39 Å². The first-order valence-corrected chi connectivity index (χ1v) is 4.71. The lowest BCUT2D eigenvalue weighted by Gasteiger charge is -2.03. The first kappa shape index (κ1) is 9.71. The molecule has 78 valence electrons. The van der Waals surface area contributed by atoms with Crippen LogP contribution in [0.1, 0.15) is 5.69 Å². The Kier molecular flexibility index (Phi) is 2.41. The van der Waals surface area contributed by atoms with Crippen LogP contribution in [-0.2, 0) is 0 Å². The van der Waals surface area contributed by atoms with Gasteiger partial charge in [0.1, 0.15) is 5.82 Å². The number of rotatable bonds is 2. The van der Waals surface area contributed by atoms with Crippen LogP contribution in [0.5, 0.6) is 0 Å². The largest absolute Gasteiger partial charge is 0.371 e. The van der Waals surface area contributed by atoms with E-state index in [0.29, 0.717) is 0 Å². The van der Waals surface area contributed by atoms with Crippen molar-refractivity contribution in [3.05, 3.63) is 35.8 Å². The van der Waals surface area contributed by atoms with Crippen LogP contribution in [0.15, 0.2) is 24.3 Å². The fourth-order valence-electron chi connectivity index (χ4n) is 1.58. The molecule has 4 heteroatoms. The second-order valence-corrected chi connectivity index (χ2v) is 3.33. The van der Waals surface area contributed by atoms with Gasteiger partial charge in [0.25, 0.3) is 0 Å². The fraction of sp³-hybridized carbons (Fsp3) is 0.182. The third kappa shape index (κ3) is 1.70. The van der Waals surface area contributed by atoms with Gasteiger partial charge in [-0.05, 0) is 24.6 Å². The summed E-state index contributed by atoms with van der Waals surface area (Å²) in [5, 5.41) is 9.99. The van der Waals surface area contributed by atoms with Crippen LogP contribution < -0.4 is 5.32 Å². The zero-order chi connectivity index (χ0) is 10.8. The minimum Gasteiger partial charge on any atom is -0.371 e. The molecule has 1 heterocycles. The van der Waals surface area contributed by atoms with Gasteiger partial charge in [-0.15, -0.1) is 0 Å². The Bertz CT molecular complexity index is 459. The molecule has 1 aromatic heterocycles. The monoisotopic (exact) mass is 205 g/mol. The molecule has 0 spiro atoms. The highest BCUT2D eigenvalue weighted by Crippen LogP contribution is 2.28. The number of nitrogens with one attached hydrogen (secondary N) is 2. The van der Waals surface area contributed by atoms with E-state index in [1.54, 1.807) is 12.1 Å². The molecule has 15 heavy (non-hydrogen) atoms. The fourth-order valence-corrected chi connectivity index (χ4v) is 1.58. The molecule has 2 N–H and O–H groups in total. The summed E-state index contributed by atoms with van der Waals surface area (Å²) >= 11 is 0. The number of halogens is 1. The van der Waals surface area contributed by atoms with Gasteiger partial charge in [0.2, 0.25) is 0 Å². The number of anilines is 1. The Hall–Kier alpha value is -1.84. The Labute approximate surface area is 87.3 Å². The standard InChI is InChI=1S/C11H12FN3/c1-7-10(11(13-2)15-14-7)8-3-5-9(12)6-4-8/h3-6H,1-2H3,(H2,13,14,15). The predicted octanol–water partition coefficient (Wildman–Crippen LogP) is 2.57. The third-order valence-corrected chi connectivity index (χ3v) is 2.32. The van der Waals surface area contributed by atoms with Crippen LogP contribution in [0.3, 0.4) is 0 Å². The summed E-state index contributed by atoms with van der Waals surface area (Å²) in [4.78, 5) is 0. The summed E-state index contributed by atoms with van der Waals surface area (Å²) in [6, 6.07) is 6.38. The molecule has 0 aliphatic rings. The van der Waals surface area contributed by atoms with Crippen LogP contribution >= 0.6 is 0 Å². The normalized spacial score (nSPS) is 10.3. The summed E-state index contributed by atoms with van der Waals surface area (Å²) in [6.07, 6.45) is 0. The third-order valence-electron chi connectivity index (χ3n) is 2.32. The molecule has 1 aromatic carbocycles. The van der Waals surface area contributed by atoms with Gasteiger partial charge in [-0.2, -0.15) is 5.10 Å². The molecule has 0 atom stereocenters. The van der Waals surface area contributed by atoms with Gasteiger partial charge in [0.15, 0.2) is 5.82 Å². The van der Waals surface area contributed by atoms with E-state index < -0.39 is 0 Å². The van der Waals surface area contributed by atoms with E-state index in [1.165, 1.54) is 12.1 Å². The minimum atomic E-state index is -0.231. The number of aromatic nitrogens is 2. The number of hydrogen-bond acceptors (Lipinski definition) is 2. The molecule has 0 saturated carbocycles. The average molecular weight is 205 g/mol. The van der Waals surface area contributed by atoms with Crippen molar-refractivity contribution in [1.82, 2.24) is 10.2 Å². The van der Waals surface area contributed by atoms with Gasteiger partial charge in [-0.1, -0.05) is 12.1 Å². The number of aryl methyl sites for hydroxylation is 1. The second kappa shape index (κ2) is 3.73. The van der Waals surface area contributed by atoms with E-state index in [-0.39, 0.29) is 5.82 Å². The van der Waals surface area contributed by atoms with Crippen molar-refractivity contribution in [2.45, 2.75) is 6.92 Å². The van der Waals surface area contributed by atoms with Crippen LogP contribution in [-0.4, -0.2) is 17.2 Å². The van der Waals surface area contributed by atoms with Crippen molar-refractivity contribution in [3.63, 3.8) is 0 Å². The first-order valence-electron chi connectivity index (χ1n) is 4.71. The number of benzene rings is 1. The SMILES string of the molecule is CNc1n[nH]c(C)c1-c1ccc(F)cc1. The number of hydrogen-bond donors (Lipinski definition) is 2. The number of H-pyrrole nitrogens is 1. The molecular formula is C11H12FN3. The quantitative estimate of drug-likeness (QED) is 0.791. The minimum absolute atomic E-state index is 0.231. The average Bonchev–Trinajstić information content (AvgIpc) is 2.61. The zero-order valence-electron chi connectivity index (χ0n) is 8.63. The maximum absolute atomic E-state index is 12.8. The Morgan fingerprint density at radius 1 is 1.27 bits per heavy atom. The molecule has 2 rings (SSSR count). The van der Waals surface area contributed by atoms with Crippen LogP contribution in [0.4, 0.5) is 10.2 Å². The molecule has 0 unspecified atom stereocenters. The molecule has 0 bridgehead atoms. The van der Waals surface area contributed by atoms with E-state index in [1.807, 2.05) is 14.0 Å². The van der Waals surface area contributed by atoms with Crippen molar-refractivity contribution in [2.75, 3.05) is 12.4 Å². The topological polar surface area (TPSA) is 40.7 Å². The molecule has 0 saturated heterocycles. The predicted molar refractivity (Wildman–Crippen MR) is 58.3 cm³/mol. The highest BCUT2D eigenvalue weighted by molar-refractivity contribution is 5.77. The highest BCUT2D eigenvalue weighted by Gasteiger charge is 2.10. The van der Waals surface area contributed by atoms with Crippen LogP contribution in [0.2, 0.25) is 0 Å². The van der Waals surface area contributed by atoms with Crippen molar-refractivity contribution < 1.29 is 4.39 Å². The molecular weight excluding hydrogens is 193 g/mol. The molecule has 0 aliphatic carbocycles. The maximum atomic E-state index is 12.8. The summed E-state index contributed by atoms with van der Waals surface area (Å²) in [6.45, 7) is 1.94. The van der Waals surface area contributed by atoms with Crippen molar-refractivity contribution in [2.24, 2.45) is 0 Å². The molecule has 0 radical (unpaired) electrons. The highest BCUT2D eigenvalue weighted by atomic mass is 19.1. The smallest absolute Gasteiger partial charge is 0.155 e. The second-order valence-electron chi connectivity index (χ2n) is 3.33. The van der Waals surface area contributed by atoms with E-state index in [0.717, 1.165) is 22.6 Å². The summed E-state index contributed by atoms with van der Waals surface area (Å²) in [5.74, 6) is 0.546. The number of aromatic amines is 1. The van der Waals surface area contributed by atoms with Gasteiger partial charge < -0.3 is 5.32 Å². The zero-order valence-corrected chi connectivity index (χ0v) is 8.63.